The van der Waals surface area contributed by atoms with Crippen molar-refractivity contribution in [3.63, 3.8) is 0 Å². The van der Waals surface area contributed by atoms with Gasteiger partial charge in [0.1, 0.15) is 5.60 Å². The molecule has 2 heterocycles. The van der Waals surface area contributed by atoms with Gasteiger partial charge in [0.15, 0.2) is 0 Å². The van der Waals surface area contributed by atoms with Crippen molar-refractivity contribution in [3.05, 3.63) is 35.9 Å². The van der Waals surface area contributed by atoms with Crippen LogP contribution in [0.3, 0.4) is 0 Å². The molecule has 1 atom stereocenters. The van der Waals surface area contributed by atoms with Gasteiger partial charge in [-0.05, 0) is 58.4 Å². The van der Waals surface area contributed by atoms with E-state index in [4.69, 9.17) is 4.74 Å². The summed E-state index contributed by atoms with van der Waals surface area (Å²) in [7, 11) is 0. The van der Waals surface area contributed by atoms with Crippen molar-refractivity contribution >= 4 is 17.9 Å². The van der Waals surface area contributed by atoms with Crippen LogP contribution in [-0.4, -0.2) is 65.5 Å². The third-order valence-electron chi connectivity index (χ3n) is 6.58. The summed E-state index contributed by atoms with van der Waals surface area (Å²) in [6, 6.07) is 10.1. The molecule has 33 heavy (non-hydrogen) atoms. The fourth-order valence-corrected chi connectivity index (χ4v) is 4.67. The quantitative estimate of drug-likeness (QED) is 0.727. The first-order chi connectivity index (χ1) is 15.7. The van der Waals surface area contributed by atoms with E-state index in [1.54, 1.807) is 4.90 Å². The van der Waals surface area contributed by atoms with Gasteiger partial charge in [-0.15, -0.1) is 0 Å². The van der Waals surface area contributed by atoms with Gasteiger partial charge in [-0.25, -0.2) is 4.79 Å². The van der Waals surface area contributed by atoms with E-state index >= 15 is 0 Å². The zero-order valence-electron chi connectivity index (χ0n) is 20.5. The third-order valence-corrected chi connectivity index (χ3v) is 6.58. The van der Waals surface area contributed by atoms with Crippen molar-refractivity contribution in [2.75, 3.05) is 26.2 Å². The van der Waals surface area contributed by atoms with Gasteiger partial charge < -0.3 is 19.9 Å². The van der Waals surface area contributed by atoms with Gasteiger partial charge in [0.25, 0.3) is 0 Å². The number of carbonyl (C=O) groups excluding carboxylic acids is 3. The van der Waals surface area contributed by atoms with Crippen LogP contribution in [0, 0.1) is 5.92 Å². The monoisotopic (exact) mass is 457 g/mol. The van der Waals surface area contributed by atoms with Crippen LogP contribution in [0.25, 0.3) is 0 Å². The number of piperidine rings is 2. The van der Waals surface area contributed by atoms with E-state index in [9.17, 15) is 14.4 Å². The van der Waals surface area contributed by atoms with Crippen LogP contribution in [0.15, 0.2) is 30.3 Å². The number of benzene rings is 1. The van der Waals surface area contributed by atoms with Gasteiger partial charge in [0.2, 0.25) is 11.8 Å². The van der Waals surface area contributed by atoms with E-state index in [0.717, 1.165) is 24.8 Å². The maximum atomic E-state index is 13.1. The van der Waals surface area contributed by atoms with Gasteiger partial charge >= 0.3 is 6.09 Å². The first kappa shape index (κ1) is 25.1. The number of nitrogens with zero attached hydrogens (tertiary/aromatic N) is 2. The van der Waals surface area contributed by atoms with E-state index < -0.39 is 5.60 Å². The normalized spacial score (nSPS) is 19.2. The average molecular weight is 458 g/mol. The van der Waals surface area contributed by atoms with Gasteiger partial charge in [-0.2, -0.15) is 0 Å². The minimum atomic E-state index is -0.514. The highest BCUT2D eigenvalue weighted by atomic mass is 16.6. The van der Waals surface area contributed by atoms with Crippen molar-refractivity contribution in [1.82, 2.24) is 15.1 Å². The van der Waals surface area contributed by atoms with E-state index in [2.05, 4.69) is 12.2 Å². The molecular weight excluding hydrogens is 418 g/mol. The molecule has 3 rings (SSSR count). The van der Waals surface area contributed by atoms with Gasteiger partial charge in [0, 0.05) is 38.1 Å². The number of carbonyl (C=O) groups is 3. The van der Waals surface area contributed by atoms with E-state index in [1.165, 1.54) is 0 Å². The summed E-state index contributed by atoms with van der Waals surface area (Å²) in [5.74, 6) is 0.0701. The number of nitrogens with one attached hydrogen (secondary N) is 1. The Morgan fingerprint density at radius 2 is 1.55 bits per heavy atom. The number of hydrogen-bond donors (Lipinski definition) is 1. The highest BCUT2D eigenvalue weighted by Gasteiger charge is 2.32. The highest BCUT2D eigenvalue weighted by molar-refractivity contribution is 5.84. The first-order valence-electron chi connectivity index (χ1n) is 12.3. The fraction of sp³-hybridized carbons (Fsp3) is 0.654. The molecule has 0 saturated carbocycles. The zero-order valence-corrected chi connectivity index (χ0v) is 20.5. The van der Waals surface area contributed by atoms with Crippen LogP contribution in [0.1, 0.15) is 71.3 Å². The molecule has 7 nitrogen and oxygen atoms in total. The second kappa shape index (κ2) is 11.0. The van der Waals surface area contributed by atoms with Crippen LogP contribution < -0.4 is 5.32 Å². The van der Waals surface area contributed by atoms with Crippen molar-refractivity contribution in [2.45, 2.75) is 77.4 Å². The number of likely N-dealkylation sites (tertiary alicyclic amines) is 2. The van der Waals surface area contributed by atoms with E-state index in [0.29, 0.717) is 39.0 Å². The molecule has 182 valence electrons. The Bertz CT molecular complexity index is 805. The van der Waals surface area contributed by atoms with Crippen LogP contribution in [0.5, 0.6) is 0 Å². The molecule has 2 saturated heterocycles. The number of hydrogen-bond acceptors (Lipinski definition) is 4. The number of rotatable bonds is 5. The minimum absolute atomic E-state index is 0.0688. The highest BCUT2D eigenvalue weighted by Crippen LogP contribution is 2.25. The largest absolute Gasteiger partial charge is 0.444 e. The molecular formula is C26H39N3O4. The van der Waals surface area contributed by atoms with Crippen molar-refractivity contribution in [3.8, 4) is 0 Å². The standard InChI is InChI=1S/C26H39N3O4/c1-5-22(19-9-7-6-8-10-19)24(31)28-17-13-21(14-18-28)27-23(30)20-11-15-29(16-12-20)25(32)33-26(2,3)4/h6-10,20-22H,5,11-18H2,1-4H3,(H,27,30). The van der Waals surface area contributed by atoms with E-state index in [1.807, 2.05) is 56.0 Å². The fourth-order valence-electron chi connectivity index (χ4n) is 4.67. The lowest BCUT2D eigenvalue weighted by Crippen LogP contribution is -2.50. The van der Waals surface area contributed by atoms with Crippen molar-refractivity contribution in [2.24, 2.45) is 5.92 Å². The molecule has 1 unspecified atom stereocenters. The summed E-state index contributed by atoms with van der Waals surface area (Å²) >= 11 is 0. The summed E-state index contributed by atoms with van der Waals surface area (Å²) < 4.78 is 5.43. The Kier molecular flexibility index (Phi) is 8.38. The van der Waals surface area contributed by atoms with E-state index in [-0.39, 0.29) is 35.8 Å². The maximum Gasteiger partial charge on any atom is 0.410 e. The Balaban J connectivity index is 1.42. The Hall–Kier alpha value is -2.57. The number of amides is 3. The topological polar surface area (TPSA) is 79.0 Å². The van der Waals surface area contributed by atoms with Crippen LogP contribution in [-0.2, 0) is 14.3 Å². The molecule has 0 aromatic heterocycles. The zero-order chi connectivity index (χ0) is 24.0. The van der Waals surface area contributed by atoms with Crippen molar-refractivity contribution < 1.29 is 19.1 Å². The predicted octanol–water partition coefficient (Wildman–Crippen LogP) is 3.93. The summed E-state index contributed by atoms with van der Waals surface area (Å²) in [5, 5.41) is 3.19. The maximum absolute atomic E-state index is 13.1. The SMILES string of the molecule is CCC(C(=O)N1CCC(NC(=O)C2CCN(C(=O)OC(C)(C)C)CC2)CC1)c1ccccc1. The van der Waals surface area contributed by atoms with Gasteiger partial charge in [0.05, 0.1) is 5.92 Å². The molecule has 1 N–H and O–H groups in total. The molecule has 2 aliphatic heterocycles. The second-order valence-electron chi connectivity index (χ2n) is 10.2. The molecule has 0 bridgehead atoms. The summed E-state index contributed by atoms with van der Waals surface area (Å²) in [4.78, 5) is 41.7. The average Bonchev–Trinajstić information content (AvgIpc) is 2.79. The van der Waals surface area contributed by atoms with Crippen LogP contribution in [0.4, 0.5) is 4.79 Å². The Morgan fingerprint density at radius 1 is 0.970 bits per heavy atom. The predicted molar refractivity (Wildman–Crippen MR) is 128 cm³/mol. The van der Waals surface area contributed by atoms with Gasteiger partial charge in [-0.3, -0.25) is 9.59 Å². The van der Waals surface area contributed by atoms with Gasteiger partial charge in [-0.1, -0.05) is 37.3 Å². The molecule has 3 amide bonds. The third kappa shape index (κ3) is 6.95. The molecule has 0 spiro atoms. The smallest absolute Gasteiger partial charge is 0.410 e. The molecule has 0 radical (unpaired) electrons. The lowest BCUT2D eigenvalue weighted by atomic mass is 9.93. The summed E-state index contributed by atoms with van der Waals surface area (Å²) in [6.07, 6.45) is 3.33. The van der Waals surface area contributed by atoms with Crippen LogP contribution in [0.2, 0.25) is 0 Å². The number of ether oxygens (including phenoxy) is 1. The van der Waals surface area contributed by atoms with Crippen LogP contribution >= 0.6 is 0 Å². The van der Waals surface area contributed by atoms with Crippen molar-refractivity contribution in [1.29, 1.82) is 0 Å². The Morgan fingerprint density at radius 3 is 2.09 bits per heavy atom. The molecule has 1 aromatic rings. The Labute approximate surface area is 197 Å². The molecule has 2 aliphatic rings. The second-order valence-corrected chi connectivity index (χ2v) is 10.2. The molecule has 0 aliphatic carbocycles. The molecule has 1 aromatic carbocycles. The summed E-state index contributed by atoms with van der Waals surface area (Å²) in [5.41, 5.74) is 0.554. The minimum Gasteiger partial charge on any atom is -0.444 e. The molecule has 7 heteroatoms. The first-order valence-corrected chi connectivity index (χ1v) is 12.3. The lowest BCUT2D eigenvalue weighted by Gasteiger charge is -2.36. The molecule has 2 fully saturated rings. The lowest BCUT2D eigenvalue weighted by molar-refractivity contribution is -0.134. The summed E-state index contributed by atoms with van der Waals surface area (Å²) in [6.45, 7) is 10.0.